The van der Waals surface area contributed by atoms with E-state index in [9.17, 15) is 0 Å². The average molecular weight is 290 g/mol. The van der Waals surface area contributed by atoms with Crippen molar-refractivity contribution in [3.05, 3.63) is 42.1 Å². The lowest BCUT2D eigenvalue weighted by Gasteiger charge is -2.21. The Hall–Kier alpha value is -0.710. The first-order valence-electron chi connectivity index (χ1n) is 6.66. The summed E-state index contributed by atoms with van der Waals surface area (Å²) in [4.78, 5) is 4.40. The van der Waals surface area contributed by atoms with Crippen LogP contribution in [0.3, 0.4) is 0 Å². The predicted molar refractivity (Wildman–Crippen MR) is 87.0 cm³/mol. The molecule has 1 atom stereocenters. The van der Waals surface area contributed by atoms with Crippen LogP contribution < -0.4 is 5.32 Å². The Morgan fingerprint density at radius 3 is 3.05 bits per heavy atom. The lowest BCUT2D eigenvalue weighted by molar-refractivity contribution is 0.689. The number of hydrogen-bond donors (Lipinski definition) is 1. The van der Waals surface area contributed by atoms with E-state index in [0.717, 1.165) is 23.9 Å². The summed E-state index contributed by atoms with van der Waals surface area (Å²) >= 11 is 4.19. The number of aromatic nitrogens is 1. The van der Waals surface area contributed by atoms with E-state index < -0.39 is 0 Å². The van der Waals surface area contributed by atoms with Gasteiger partial charge in [0.05, 0.1) is 5.52 Å². The van der Waals surface area contributed by atoms with Gasteiger partial charge in [0.2, 0.25) is 0 Å². The topological polar surface area (TPSA) is 24.9 Å². The first kappa shape index (κ1) is 13.3. The lowest BCUT2D eigenvalue weighted by atomic mass is 10.1. The first-order valence-corrected chi connectivity index (χ1v) is 8.86. The monoisotopic (exact) mass is 290 g/mol. The van der Waals surface area contributed by atoms with E-state index >= 15 is 0 Å². The molecule has 2 nitrogen and oxygen atoms in total. The van der Waals surface area contributed by atoms with Crippen molar-refractivity contribution >= 4 is 34.4 Å². The van der Waals surface area contributed by atoms with Gasteiger partial charge in [-0.15, -0.1) is 0 Å². The molecule has 0 radical (unpaired) electrons. The third-order valence-electron chi connectivity index (χ3n) is 3.31. The molecule has 0 spiro atoms. The highest BCUT2D eigenvalue weighted by molar-refractivity contribution is 8.06. The third-order valence-corrected chi connectivity index (χ3v) is 6.16. The average Bonchev–Trinajstić information content (AvgIpc) is 2.49. The zero-order valence-electron chi connectivity index (χ0n) is 10.8. The van der Waals surface area contributed by atoms with Crippen LogP contribution in [0.25, 0.3) is 10.9 Å². The molecule has 1 fully saturated rings. The second-order valence-corrected chi connectivity index (χ2v) is 7.24. The molecule has 1 aromatic heterocycles. The summed E-state index contributed by atoms with van der Waals surface area (Å²) < 4.78 is 0. The summed E-state index contributed by atoms with van der Waals surface area (Å²) in [5.74, 6) is 3.90. The fraction of sp³-hybridized carbons (Fsp3) is 0.400. The van der Waals surface area contributed by atoms with Crippen molar-refractivity contribution in [1.29, 1.82) is 0 Å². The molecule has 3 rings (SSSR count). The molecular formula is C15H18N2S2. The smallest absolute Gasteiger partial charge is 0.0705 e. The fourth-order valence-corrected chi connectivity index (χ4v) is 4.98. The molecule has 0 saturated carbocycles. The van der Waals surface area contributed by atoms with Gasteiger partial charge in [-0.1, -0.05) is 18.2 Å². The SMILES string of the molecule is c1ccc2c(CNCC3CSCCS3)ccnc2c1. The minimum Gasteiger partial charge on any atom is -0.312 e. The minimum atomic E-state index is 0.770. The van der Waals surface area contributed by atoms with Gasteiger partial charge in [-0.05, 0) is 17.7 Å². The number of benzene rings is 1. The van der Waals surface area contributed by atoms with E-state index in [0.29, 0.717) is 0 Å². The van der Waals surface area contributed by atoms with Crippen molar-refractivity contribution < 1.29 is 0 Å². The van der Waals surface area contributed by atoms with Crippen LogP contribution in [0.4, 0.5) is 0 Å². The highest BCUT2D eigenvalue weighted by Crippen LogP contribution is 2.23. The van der Waals surface area contributed by atoms with Crippen molar-refractivity contribution in [3.8, 4) is 0 Å². The molecular weight excluding hydrogens is 272 g/mol. The Bertz CT molecular complexity index is 533. The third kappa shape index (κ3) is 3.44. The van der Waals surface area contributed by atoms with Crippen molar-refractivity contribution in [3.63, 3.8) is 0 Å². The van der Waals surface area contributed by atoms with Gasteiger partial charge in [-0.25, -0.2) is 0 Å². The van der Waals surface area contributed by atoms with Gasteiger partial charge in [-0.2, -0.15) is 23.5 Å². The van der Waals surface area contributed by atoms with Crippen molar-refractivity contribution in [1.82, 2.24) is 10.3 Å². The van der Waals surface area contributed by atoms with Gasteiger partial charge in [0, 0.05) is 47.2 Å². The Morgan fingerprint density at radius 2 is 2.16 bits per heavy atom. The molecule has 1 aliphatic rings. The van der Waals surface area contributed by atoms with E-state index in [4.69, 9.17) is 0 Å². The zero-order valence-corrected chi connectivity index (χ0v) is 12.5. The highest BCUT2D eigenvalue weighted by Gasteiger charge is 2.13. The Labute approximate surface area is 122 Å². The van der Waals surface area contributed by atoms with Crippen molar-refractivity contribution in [2.75, 3.05) is 23.8 Å². The number of nitrogens with one attached hydrogen (secondary N) is 1. The number of rotatable bonds is 4. The first-order chi connectivity index (χ1) is 9.43. The molecule has 0 bridgehead atoms. The van der Waals surface area contributed by atoms with Gasteiger partial charge in [-0.3, -0.25) is 4.98 Å². The summed E-state index contributed by atoms with van der Waals surface area (Å²) in [6.45, 7) is 2.04. The molecule has 19 heavy (non-hydrogen) atoms. The van der Waals surface area contributed by atoms with Gasteiger partial charge in [0.1, 0.15) is 0 Å². The van der Waals surface area contributed by atoms with Gasteiger partial charge in [0.25, 0.3) is 0 Å². The molecule has 1 saturated heterocycles. The molecule has 0 amide bonds. The summed E-state index contributed by atoms with van der Waals surface area (Å²) in [6, 6.07) is 10.5. The molecule has 1 unspecified atom stereocenters. The maximum Gasteiger partial charge on any atom is 0.0705 e. The largest absolute Gasteiger partial charge is 0.312 e. The molecule has 100 valence electrons. The van der Waals surface area contributed by atoms with Crippen molar-refractivity contribution in [2.45, 2.75) is 11.8 Å². The minimum absolute atomic E-state index is 0.770. The zero-order chi connectivity index (χ0) is 12.9. The van der Waals surface area contributed by atoms with Crippen LogP contribution in [0.5, 0.6) is 0 Å². The molecule has 4 heteroatoms. The predicted octanol–water partition coefficient (Wildman–Crippen LogP) is 3.17. The van der Waals surface area contributed by atoms with E-state index in [1.165, 1.54) is 28.2 Å². The van der Waals surface area contributed by atoms with Crippen LogP contribution in [0.2, 0.25) is 0 Å². The van der Waals surface area contributed by atoms with Crippen LogP contribution in [-0.2, 0) is 6.54 Å². The van der Waals surface area contributed by atoms with Gasteiger partial charge in [0.15, 0.2) is 0 Å². The molecule has 2 heterocycles. The Kier molecular flexibility index (Phi) is 4.64. The second-order valence-electron chi connectivity index (χ2n) is 4.69. The van der Waals surface area contributed by atoms with E-state index in [1.54, 1.807) is 0 Å². The van der Waals surface area contributed by atoms with Crippen LogP contribution in [0.1, 0.15) is 5.56 Å². The number of hydrogen-bond acceptors (Lipinski definition) is 4. The number of pyridine rings is 1. The summed E-state index contributed by atoms with van der Waals surface area (Å²) in [7, 11) is 0. The second kappa shape index (κ2) is 6.64. The molecule has 2 aromatic rings. The maximum atomic E-state index is 4.40. The van der Waals surface area contributed by atoms with Crippen LogP contribution >= 0.6 is 23.5 Å². The highest BCUT2D eigenvalue weighted by atomic mass is 32.2. The van der Waals surface area contributed by atoms with E-state index in [2.05, 4.69) is 58.1 Å². The van der Waals surface area contributed by atoms with Crippen LogP contribution in [0.15, 0.2) is 36.5 Å². The molecule has 0 aliphatic carbocycles. The van der Waals surface area contributed by atoms with Gasteiger partial charge >= 0.3 is 0 Å². The molecule has 1 N–H and O–H groups in total. The number of fused-ring (bicyclic) bond motifs is 1. The molecule has 1 aromatic carbocycles. The number of para-hydroxylation sites is 1. The fourth-order valence-electron chi connectivity index (χ4n) is 2.33. The molecule has 1 aliphatic heterocycles. The lowest BCUT2D eigenvalue weighted by Crippen LogP contribution is -2.28. The Balaban J connectivity index is 1.62. The summed E-state index contributed by atoms with van der Waals surface area (Å²) in [5, 5.41) is 5.64. The van der Waals surface area contributed by atoms with Crippen LogP contribution in [-0.4, -0.2) is 34.0 Å². The van der Waals surface area contributed by atoms with Gasteiger partial charge < -0.3 is 5.32 Å². The quantitative estimate of drug-likeness (QED) is 0.935. The summed E-state index contributed by atoms with van der Waals surface area (Å²) in [5.41, 5.74) is 2.43. The van der Waals surface area contributed by atoms with Crippen molar-refractivity contribution in [2.24, 2.45) is 0 Å². The van der Waals surface area contributed by atoms with Crippen LogP contribution in [0, 0.1) is 0 Å². The van der Waals surface area contributed by atoms with E-state index in [1.807, 2.05) is 12.3 Å². The summed E-state index contributed by atoms with van der Waals surface area (Å²) in [6.07, 6.45) is 1.91. The standard InChI is InChI=1S/C15H18N2S2/c1-2-4-15-14(3-1)12(5-6-17-15)9-16-10-13-11-18-7-8-19-13/h1-6,13,16H,7-11H2. The van der Waals surface area contributed by atoms with E-state index in [-0.39, 0.29) is 0 Å². The number of thioether (sulfide) groups is 2. The number of nitrogens with zero attached hydrogens (tertiary/aromatic N) is 1. The Morgan fingerprint density at radius 1 is 1.21 bits per heavy atom. The normalized spacial score (nSPS) is 19.7. The maximum absolute atomic E-state index is 4.40.